The molecule has 0 aromatic heterocycles. The average molecular weight is 319 g/mol. The van der Waals surface area contributed by atoms with Crippen LogP contribution in [0.4, 0.5) is 10.1 Å². The van der Waals surface area contributed by atoms with Crippen LogP contribution in [0.1, 0.15) is 6.92 Å². The van der Waals surface area contributed by atoms with Crippen LogP contribution in [0, 0.1) is 0 Å². The van der Waals surface area contributed by atoms with E-state index < -0.39 is 0 Å². The van der Waals surface area contributed by atoms with Gasteiger partial charge in [-0.25, -0.2) is 4.39 Å². The highest BCUT2D eigenvalue weighted by Crippen LogP contribution is 2.36. The van der Waals surface area contributed by atoms with Gasteiger partial charge in [-0.1, -0.05) is 18.7 Å². The van der Waals surface area contributed by atoms with Crippen molar-refractivity contribution in [3.8, 4) is 5.75 Å². The summed E-state index contributed by atoms with van der Waals surface area (Å²) in [5.74, 6) is 0.855. The van der Waals surface area contributed by atoms with Crippen molar-refractivity contribution in [2.75, 3.05) is 17.8 Å². The van der Waals surface area contributed by atoms with Gasteiger partial charge in [0.25, 0.3) is 0 Å². The van der Waals surface area contributed by atoms with E-state index in [9.17, 15) is 9.18 Å². The summed E-state index contributed by atoms with van der Waals surface area (Å²) in [6, 6.07) is 7.30. The highest BCUT2D eigenvalue weighted by molar-refractivity contribution is 8.01. The summed E-state index contributed by atoms with van der Waals surface area (Å²) in [5.41, 5.74) is 1.58. The van der Waals surface area contributed by atoms with Crippen molar-refractivity contribution in [2.24, 2.45) is 0 Å². The third-order valence-electron chi connectivity index (χ3n) is 3.24. The lowest BCUT2D eigenvalue weighted by Crippen LogP contribution is -2.33. The molecule has 116 valence electrons. The summed E-state index contributed by atoms with van der Waals surface area (Å²) in [6.07, 6.45) is 4.70. The van der Waals surface area contributed by atoms with Crippen LogP contribution >= 0.6 is 11.8 Å². The van der Waals surface area contributed by atoms with Gasteiger partial charge in [0.15, 0.2) is 0 Å². The zero-order valence-electron chi connectivity index (χ0n) is 12.6. The van der Waals surface area contributed by atoms with Crippen LogP contribution in [0.15, 0.2) is 60.5 Å². The number of benzene rings is 1. The molecule has 0 saturated carbocycles. The minimum absolute atomic E-state index is 0.0221. The van der Waals surface area contributed by atoms with Gasteiger partial charge in [0, 0.05) is 5.69 Å². The molecule has 1 saturated heterocycles. The number of thioether (sulfide) groups is 1. The van der Waals surface area contributed by atoms with E-state index in [-0.39, 0.29) is 17.1 Å². The molecule has 1 aromatic carbocycles. The first-order valence-electron chi connectivity index (χ1n) is 6.81. The molecule has 1 atom stereocenters. The molecule has 1 heterocycles. The Hall–Kier alpha value is -2.01. The van der Waals surface area contributed by atoms with Crippen LogP contribution < -0.4 is 9.64 Å². The quantitative estimate of drug-likeness (QED) is 0.766. The molecule has 0 aliphatic carbocycles. The highest BCUT2D eigenvalue weighted by atomic mass is 32.2. The Balaban J connectivity index is 2.34. The molecule has 22 heavy (non-hydrogen) atoms. The number of methoxy groups -OCH3 is 1. The second kappa shape index (κ2) is 7.31. The molecular formula is C17H18FNO2S. The smallest absolute Gasteiger partial charge is 0.238 e. The molecule has 1 aliphatic heterocycles. The Kier molecular flexibility index (Phi) is 5.44. The molecule has 1 aromatic rings. The molecule has 0 spiro atoms. The number of hydrogen-bond donors (Lipinski definition) is 0. The van der Waals surface area contributed by atoms with E-state index in [0.29, 0.717) is 5.75 Å². The fraction of sp³-hybridized carbons (Fsp3) is 0.235. The number of anilines is 1. The summed E-state index contributed by atoms with van der Waals surface area (Å²) in [4.78, 5) is 13.9. The van der Waals surface area contributed by atoms with Crippen molar-refractivity contribution >= 4 is 23.4 Å². The van der Waals surface area contributed by atoms with Crippen molar-refractivity contribution in [2.45, 2.75) is 12.3 Å². The van der Waals surface area contributed by atoms with Gasteiger partial charge < -0.3 is 4.74 Å². The summed E-state index contributed by atoms with van der Waals surface area (Å²) < 4.78 is 18.1. The monoisotopic (exact) mass is 319 g/mol. The predicted octanol–water partition coefficient (Wildman–Crippen LogP) is 4.09. The van der Waals surface area contributed by atoms with E-state index in [2.05, 4.69) is 6.58 Å². The second-order valence-corrected chi connectivity index (χ2v) is 5.82. The van der Waals surface area contributed by atoms with Gasteiger partial charge >= 0.3 is 0 Å². The zero-order chi connectivity index (χ0) is 16.1. The molecule has 1 fully saturated rings. The number of nitrogens with zero attached hydrogens (tertiary/aromatic N) is 1. The number of halogens is 1. The molecule has 5 heteroatoms. The van der Waals surface area contributed by atoms with Crippen LogP contribution in [0.3, 0.4) is 0 Å². The lowest BCUT2D eigenvalue weighted by molar-refractivity contribution is -0.115. The van der Waals surface area contributed by atoms with E-state index >= 15 is 0 Å². The van der Waals surface area contributed by atoms with Crippen molar-refractivity contribution in [3.63, 3.8) is 0 Å². The molecule has 1 unspecified atom stereocenters. The van der Waals surface area contributed by atoms with Gasteiger partial charge in [0.05, 0.1) is 18.7 Å². The first kappa shape index (κ1) is 16.4. The van der Waals surface area contributed by atoms with Crippen LogP contribution in [-0.4, -0.2) is 24.1 Å². The number of rotatable bonds is 5. The fourth-order valence-electron chi connectivity index (χ4n) is 2.15. The standard InChI is InChI=1S/C17H18FNO2S/c1-4-13(6-5-12(2)18)17-19(16(20)11-22-17)14-7-9-15(21-3)10-8-14/h4-10,17H,1,11H2,2-3H3/b12-5+,13-6+. The number of allylic oxidation sites excluding steroid dienone is 3. The van der Waals surface area contributed by atoms with Crippen molar-refractivity contribution in [1.82, 2.24) is 0 Å². The van der Waals surface area contributed by atoms with Crippen LogP contribution in [0.25, 0.3) is 0 Å². The van der Waals surface area contributed by atoms with E-state index in [1.807, 2.05) is 24.3 Å². The molecule has 0 radical (unpaired) electrons. The first-order valence-corrected chi connectivity index (χ1v) is 7.86. The second-order valence-electron chi connectivity index (χ2n) is 4.75. The number of ether oxygens (including phenoxy) is 1. The summed E-state index contributed by atoms with van der Waals surface area (Å²) in [6.45, 7) is 5.15. The minimum atomic E-state index is -0.287. The van der Waals surface area contributed by atoms with E-state index in [4.69, 9.17) is 4.74 Å². The SMILES string of the molecule is C=C/C(=C\C=C(/C)F)C1SCC(=O)N1c1ccc(OC)cc1. The zero-order valence-corrected chi connectivity index (χ0v) is 13.4. The molecular weight excluding hydrogens is 301 g/mol. The van der Waals surface area contributed by atoms with E-state index in [1.165, 1.54) is 24.8 Å². The van der Waals surface area contributed by atoms with Gasteiger partial charge in [-0.2, -0.15) is 0 Å². The molecule has 1 aliphatic rings. The molecule has 1 amide bonds. The number of carbonyl (C=O) groups excluding carboxylic acids is 1. The number of carbonyl (C=O) groups is 1. The van der Waals surface area contributed by atoms with Crippen molar-refractivity contribution in [1.29, 1.82) is 0 Å². The molecule has 0 N–H and O–H groups in total. The van der Waals surface area contributed by atoms with Gasteiger partial charge in [-0.3, -0.25) is 9.69 Å². The molecule has 3 nitrogen and oxygen atoms in total. The Bertz CT molecular complexity index is 618. The Morgan fingerprint density at radius 2 is 2.09 bits per heavy atom. The van der Waals surface area contributed by atoms with E-state index in [1.54, 1.807) is 24.2 Å². The lowest BCUT2D eigenvalue weighted by Gasteiger charge is -2.25. The van der Waals surface area contributed by atoms with Crippen molar-refractivity contribution < 1.29 is 13.9 Å². The van der Waals surface area contributed by atoms with Gasteiger partial charge in [-0.15, -0.1) is 11.8 Å². The Morgan fingerprint density at radius 1 is 1.41 bits per heavy atom. The van der Waals surface area contributed by atoms with E-state index in [0.717, 1.165) is 17.0 Å². The van der Waals surface area contributed by atoms with Crippen LogP contribution in [-0.2, 0) is 4.79 Å². The third-order valence-corrected chi connectivity index (χ3v) is 4.46. The molecule has 0 bridgehead atoms. The topological polar surface area (TPSA) is 29.5 Å². The summed E-state index contributed by atoms with van der Waals surface area (Å²) >= 11 is 1.50. The van der Waals surface area contributed by atoms with Gasteiger partial charge in [0.2, 0.25) is 5.91 Å². The van der Waals surface area contributed by atoms with Gasteiger partial charge in [0.1, 0.15) is 11.1 Å². The number of amides is 1. The maximum Gasteiger partial charge on any atom is 0.238 e. The lowest BCUT2D eigenvalue weighted by atomic mass is 10.2. The normalized spacial score (nSPS) is 19.5. The van der Waals surface area contributed by atoms with Crippen LogP contribution in [0.5, 0.6) is 5.75 Å². The average Bonchev–Trinajstić information content (AvgIpc) is 2.89. The third kappa shape index (κ3) is 3.60. The summed E-state index contributed by atoms with van der Waals surface area (Å²) in [5, 5.41) is -0.200. The first-order chi connectivity index (χ1) is 10.6. The van der Waals surface area contributed by atoms with Gasteiger partial charge in [-0.05, 0) is 42.8 Å². The predicted molar refractivity (Wildman–Crippen MR) is 89.9 cm³/mol. The number of hydrogen-bond acceptors (Lipinski definition) is 3. The largest absolute Gasteiger partial charge is 0.497 e. The van der Waals surface area contributed by atoms with Crippen LogP contribution in [0.2, 0.25) is 0 Å². The van der Waals surface area contributed by atoms with Crippen molar-refractivity contribution in [3.05, 3.63) is 60.5 Å². The Morgan fingerprint density at radius 3 is 2.64 bits per heavy atom. The summed E-state index contributed by atoms with van der Waals surface area (Å²) in [7, 11) is 1.60. The fourth-order valence-corrected chi connectivity index (χ4v) is 3.35. The molecule has 2 rings (SSSR count). The maximum atomic E-state index is 12.9. The maximum absolute atomic E-state index is 12.9. The minimum Gasteiger partial charge on any atom is -0.497 e. The Labute approximate surface area is 134 Å². The highest BCUT2D eigenvalue weighted by Gasteiger charge is 2.34.